The van der Waals surface area contributed by atoms with E-state index in [0.29, 0.717) is 18.2 Å². The number of nitrogens with one attached hydrogen (secondary N) is 1. The molecule has 1 amide bonds. The fourth-order valence-electron chi connectivity index (χ4n) is 1.45. The Kier molecular flexibility index (Phi) is 4.69. The quantitative estimate of drug-likeness (QED) is 0.793. The predicted octanol–water partition coefficient (Wildman–Crippen LogP) is 0.696. The lowest BCUT2D eigenvalue weighted by atomic mass is 10.1. The van der Waals surface area contributed by atoms with Gasteiger partial charge in [0.2, 0.25) is 0 Å². The summed E-state index contributed by atoms with van der Waals surface area (Å²) in [4.78, 5) is 11.9. The first-order valence-electron chi connectivity index (χ1n) is 6.02. The Morgan fingerprint density at radius 2 is 2.24 bits per heavy atom. The number of aryl methyl sites for hydroxylation is 2. The van der Waals surface area contributed by atoms with Crippen molar-refractivity contribution in [2.45, 2.75) is 33.2 Å². The van der Waals surface area contributed by atoms with Crippen LogP contribution in [0.3, 0.4) is 0 Å². The molecule has 1 atom stereocenters. The fourth-order valence-corrected chi connectivity index (χ4v) is 1.45. The molecule has 0 aliphatic rings. The molecule has 5 heteroatoms. The van der Waals surface area contributed by atoms with Crippen molar-refractivity contribution in [3.05, 3.63) is 17.5 Å². The molecule has 0 saturated heterocycles. The van der Waals surface area contributed by atoms with Crippen LogP contribution in [0.5, 0.6) is 0 Å². The summed E-state index contributed by atoms with van der Waals surface area (Å²) in [6, 6.07) is 1.80. The molecule has 1 aromatic rings. The van der Waals surface area contributed by atoms with Crippen molar-refractivity contribution in [1.82, 2.24) is 15.1 Å². The van der Waals surface area contributed by atoms with E-state index >= 15 is 0 Å². The van der Waals surface area contributed by atoms with Gasteiger partial charge in [-0.05, 0) is 18.4 Å². The van der Waals surface area contributed by atoms with Crippen LogP contribution in [0.1, 0.15) is 37.0 Å². The highest BCUT2D eigenvalue weighted by Crippen LogP contribution is 2.04. The van der Waals surface area contributed by atoms with E-state index < -0.39 is 0 Å². The molecular weight excluding hydrogens is 216 g/mol. The Morgan fingerprint density at radius 1 is 1.59 bits per heavy atom. The highest BCUT2D eigenvalue weighted by Gasteiger charge is 2.14. The molecule has 0 aromatic carbocycles. The van der Waals surface area contributed by atoms with E-state index in [4.69, 9.17) is 5.73 Å². The smallest absolute Gasteiger partial charge is 0.269 e. The Morgan fingerprint density at radius 3 is 2.71 bits per heavy atom. The van der Waals surface area contributed by atoms with Crippen LogP contribution in [-0.4, -0.2) is 28.3 Å². The van der Waals surface area contributed by atoms with Gasteiger partial charge in [0, 0.05) is 19.6 Å². The van der Waals surface area contributed by atoms with Crippen molar-refractivity contribution in [3.63, 3.8) is 0 Å². The molecule has 1 heterocycles. The van der Waals surface area contributed by atoms with E-state index in [9.17, 15) is 4.79 Å². The van der Waals surface area contributed by atoms with Crippen molar-refractivity contribution in [2.24, 2.45) is 18.7 Å². The standard InChI is InChI=1S/C12H22N4O/c1-5-9-6-11(16(4)15-9)12(17)14-7-10(13)8(2)3/h6,8,10H,5,7,13H2,1-4H3,(H,14,17). The largest absolute Gasteiger partial charge is 0.349 e. The minimum absolute atomic E-state index is 0.0159. The number of rotatable bonds is 5. The number of nitrogens with zero attached hydrogens (tertiary/aromatic N) is 2. The van der Waals surface area contributed by atoms with Crippen LogP contribution in [0.25, 0.3) is 0 Å². The van der Waals surface area contributed by atoms with E-state index in [2.05, 4.69) is 10.4 Å². The maximum absolute atomic E-state index is 11.9. The van der Waals surface area contributed by atoms with Gasteiger partial charge in [0.25, 0.3) is 5.91 Å². The Bertz CT molecular complexity index is 384. The fraction of sp³-hybridized carbons (Fsp3) is 0.667. The Balaban J connectivity index is 2.60. The Hall–Kier alpha value is -1.36. The number of aromatic nitrogens is 2. The lowest BCUT2D eigenvalue weighted by Crippen LogP contribution is -2.40. The van der Waals surface area contributed by atoms with Crippen LogP contribution in [0.4, 0.5) is 0 Å². The molecule has 0 saturated carbocycles. The van der Waals surface area contributed by atoms with Crippen molar-refractivity contribution in [3.8, 4) is 0 Å². The van der Waals surface area contributed by atoms with Gasteiger partial charge in [-0.1, -0.05) is 20.8 Å². The molecule has 3 N–H and O–H groups in total. The zero-order chi connectivity index (χ0) is 13.0. The minimum Gasteiger partial charge on any atom is -0.349 e. The normalized spacial score (nSPS) is 12.8. The second-order valence-electron chi connectivity index (χ2n) is 4.62. The lowest BCUT2D eigenvalue weighted by molar-refractivity contribution is 0.0940. The van der Waals surface area contributed by atoms with E-state index in [0.717, 1.165) is 12.1 Å². The average Bonchev–Trinajstić information content (AvgIpc) is 2.66. The van der Waals surface area contributed by atoms with Gasteiger partial charge in [-0.15, -0.1) is 0 Å². The van der Waals surface area contributed by atoms with Crippen LogP contribution >= 0.6 is 0 Å². The summed E-state index contributed by atoms with van der Waals surface area (Å²) in [5, 5.41) is 7.07. The first-order valence-corrected chi connectivity index (χ1v) is 6.02. The molecule has 0 spiro atoms. The van der Waals surface area contributed by atoms with Gasteiger partial charge in [-0.2, -0.15) is 5.10 Å². The van der Waals surface area contributed by atoms with Crippen LogP contribution in [0.2, 0.25) is 0 Å². The summed E-state index contributed by atoms with van der Waals surface area (Å²) in [6.45, 7) is 6.58. The first kappa shape index (κ1) is 13.7. The molecule has 0 radical (unpaired) electrons. The van der Waals surface area contributed by atoms with Crippen LogP contribution < -0.4 is 11.1 Å². The number of hydrogen-bond donors (Lipinski definition) is 2. The molecule has 1 unspecified atom stereocenters. The highest BCUT2D eigenvalue weighted by atomic mass is 16.2. The molecule has 96 valence electrons. The first-order chi connectivity index (χ1) is 7.95. The minimum atomic E-state index is -0.115. The van der Waals surface area contributed by atoms with Gasteiger partial charge in [-0.25, -0.2) is 0 Å². The maximum atomic E-state index is 11.9. The third kappa shape index (κ3) is 3.56. The molecule has 0 aliphatic heterocycles. The molecule has 17 heavy (non-hydrogen) atoms. The van der Waals surface area contributed by atoms with E-state index in [1.54, 1.807) is 11.7 Å². The van der Waals surface area contributed by atoms with Crippen molar-refractivity contribution >= 4 is 5.91 Å². The van der Waals surface area contributed by atoms with Gasteiger partial charge in [0.05, 0.1) is 5.69 Å². The second-order valence-corrected chi connectivity index (χ2v) is 4.62. The number of carbonyl (C=O) groups excluding carboxylic acids is 1. The van der Waals surface area contributed by atoms with Gasteiger partial charge in [0.15, 0.2) is 0 Å². The van der Waals surface area contributed by atoms with Gasteiger partial charge in [0.1, 0.15) is 5.69 Å². The third-order valence-electron chi connectivity index (χ3n) is 2.88. The lowest BCUT2D eigenvalue weighted by Gasteiger charge is -2.15. The topological polar surface area (TPSA) is 72.9 Å². The number of amides is 1. The second kappa shape index (κ2) is 5.82. The highest BCUT2D eigenvalue weighted by molar-refractivity contribution is 5.92. The van der Waals surface area contributed by atoms with Gasteiger partial charge < -0.3 is 11.1 Å². The number of carbonyl (C=O) groups is 1. The van der Waals surface area contributed by atoms with Gasteiger partial charge >= 0.3 is 0 Å². The molecule has 0 aliphatic carbocycles. The average molecular weight is 238 g/mol. The molecule has 0 bridgehead atoms. The third-order valence-corrected chi connectivity index (χ3v) is 2.88. The summed E-state index contributed by atoms with van der Waals surface area (Å²) in [5.41, 5.74) is 7.38. The predicted molar refractivity (Wildman–Crippen MR) is 67.7 cm³/mol. The summed E-state index contributed by atoms with van der Waals surface area (Å²) < 4.78 is 1.61. The zero-order valence-corrected chi connectivity index (χ0v) is 11.0. The summed E-state index contributed by atoms with van der Waals surface area (Å²) in [5.74, 6) is 0.240. The van der Waals surface area contributed by atoms with Crippen LogP contribution in [0, 0.1) is 5.92 Å². The van der Waals surface area contributed by atoms with Gasteiger partial charge in [-0.3, -0.25) is 9.48 Å². The van der Waals surface area contributed by atoms with Crippen molar-refractivity contribution in [1.29, 1.82) is 0 Å². The molecule has 1 rings (SSSR count). The zero-order valence-electron chi connectivity index (χ0n) is 11.0. The van der Waals surface area contributed by atoms with Crippen molar-refractivity contribution in [2.75, 3.05) is 6.54 Å². The van der Waals surface area contributed by atoms with E-state index in [1.165, 1.54) is 0 Å². The maximum Gasteiger partial charge on any atom is 0.269 e. The van der Waals surface area contributed by atoms with E-state index in [1.807, 2.05) is 26.8 Å². The SMILES string of the molecule is CCc1cc(C(=O)NCC(N)C(C)C)n(C)n1. The van der Waals surface area contributed by atoms with Crippen molar-refractivity contribution < 1.29 is 4.79 Å². The molecule has 0 fully saturated rings. The summed E-state index contributed by atoms with van der Waals surface area (Å²) in [7, 11) is 1.77. The number of nitrogens with two attached hydrogens (primary N) is 1. The summed E-state index contributed by atoms with van der Waals surface area (Å²) in [6.07, 6.45) is 0.826. The monoisotopic (exact) mass is 238 g/mol. The summed E-state index contributed by atoms with van der Waals surface area (Å²) >= 11 is 0. The Labute approximate surface area is 102 Å². The molecular formula is C12H22N4O. The molecule has 1 aromatic heterocycles. The molecule has 5 nitrogen and oxygen atoms in total. The van der Waals surface area contributed by atoms with Crippen LogP contribution in [0.15, 0.2) is 6.07 Å². The number of hydrogen-bond acceptors (Lipinski definition) is 3. The van der Waals surface area contributed by atoms with E-state index in [-0.39, 0.29) is 11.9 Å². The van der Waals surface area contributed by atoms with Crippen LogP contribution in [-0.2, 0) is 13.5 Å².